The SMILES string of the molecule is C=C(C)C(=O)Oc1cc(I)c(OC(C)=O)c(OC)c1OC(C)OCC. The molecule has 138 valence electrons. The zero-order valence-corrected chi connectivity index (χ0v) is 17.0. The van der Waals surface area contributed by atoms with E-state index < -0.39 is 18.2 Å². The lowest BCUT2D eigenvalue weighted by atomic mass is 10.2. The molecule has 1 aromatic rings. The summed E-state index contributed by atoms with van der Waals surface area (Å²) in [5.41, 5.74) is 0.224. The van der Waals surface area contributed by atoms with Gasteiger partial charge in [0.25, 0.3) is 0 Å². The molecule has 0 spiro atoms. The van der Waals surface area contributed by atoms with Gasteiger partial charge < -0.3 is 23.7 Å². The van der Waals surface area contributed by atoms with Crippen LogP contribution in [0.1, 0.15) is 27.7 Å². The Morgan fingerprint density at radius 3 is 2.32 bits per heavy atom. The molecule has 0 bridgehead atoms. The van der Waals surface area contributed by atoms with Crippen LogP contribution in [0.5, 0.6) is 23.0 Å². The third kappa shape index (κ3) is 5.89. The molecule has 0 heterocycles. The normalized spacial score (nSPS) is 11.4. The van der Waals surface area contributed by atoms with Crippen molar-refractivity contribution in [1.82, 2.24) is 0 Å². The lowest BCUT2D eigenvalue weighted by Gasteiger charge is -2.21. The molecule has 0 amide bonds. The molecule has 0 saturated heterocycles. The molecule has 0 saturated carbocycles. The second-order valence-corrected chi connectivity index (χ2v) is 6.11. The van der Waals surface area contributed by atoms with Gasteiger partial charge >= 0.3 is 11.9 Å². The highest BCUT2D eigenvalue weighted by Crippen LogP contribution is 2.48. The van der Waals surface area contributed by atoms with Crippen molar-refractivity contribution < 1.29 is 33.3 Å². The molecular formula is C17H21IO7. The summed E-state index contributed by atoms with van der Waals surface area (Å²) < 4.78 is 27.5. The Balaban J connectivity index is 3.47. The van der Waals surface area contributed by atoms with Crippen molar-refractivity contribution in [3.63, 3.8) is 0 Å². The van der Waals surface area contributed by atoms with Gasteiger partial charge in [0.15, 0.2) is 17.8 Å². The predicted octanol–water partition coefficient (Wildman–Crippen LogP) is 3.47. The van der Waals surface area contributed by atoms with Gasteiger partial charge in [-0.15, -0.1) is 0 Å². The van der Waals surface area contributed by atoms with Crippen LogP contribution in [0, 0.1) is 3.57 Å². The average molecular weight is 464 g/mol. The molecule has 8 heteroatoms. The topological polar surface area (TPSA) is 80.3 Å². The highest BCUT2D eigenvalue weighted by molar-refractivity contribution is 14.1. The predicted molar refractivity (Wildman–Crippen MR) is 99.2 cm³/mol. The van der Waals surface area contributed by atoms with Crippen LogP contribution in [0.2, 0.25) is 0 Å². The van der Waals surface area contributed by atoms with Crippen molar-refractivity contribution >= 4 is 34.5 Å². The van der Waals surface area contributed by atoms with E-state index in [4.69, 9.17) is 23.7 Å². The molecule has 1 rings (SSSR count). The number of hydrogen-bond acceptors (Lipinski definition) is 7. The lowest BCUT2D eigenvalue weighted by molar-refractivity contribution is -0.132. The first-order valence-corrected chi connectivity index (χ1v) is 8.53. The number of rotatable bonds is 8. The van der Waals surface area contributed by atoms with Crippen LogP contribution in [0.25, 0.3) is 0 Å². The molecule has 0 aromatic heterocycles. The number of benzene rings is 1. The largest absolute Gasteiger partial charge is 0.490 e. The van der Waals surface area contributed by atoms with Crippen molar-refractivity contribution in [3.05, 3.63) is 21.8 Å². The van der Waals surface area contributed by atoms with Gasteiger partial charge in [-0.2, -0.15) is 0 Å². The highest BCUT2D eigenvalue weighted by Gasteiger charge is 2.26. The zero-order valence-electron chi connectivity index (χ0n) is 14.8. The van der Waals surface area contributed by atoms with Crippen molar-refractivity contribution in [2.75, 3.05) is 13.7 Å². The van der Waals surface area contributed by atoms with Gasteiger partial charge in [-0.25, -0.2) is 4.79 Å². The maximum absolute atomic E-state index is 11.9. The molecule has 0 aliphatic carbocycles. The Hall–Kier alpha value is -1.81. The first-order valence-electron chi connectivity index (χ1n) is 7.46. The maximum Gasteiger partial charge on any atom is 0.338 e. The van der Waals surface area contributed by atoms with Crippen molar-refractivity contribution in [3.8, 4) is 23.0 Å². The molecular weight excluding hydrogens is 443 g/mol. The van der Waals surface area contributed by atoms with Crippen molar-refractivity contribution in [2.45, 2.75) is 34.0 Å². The van der Waals surface area contributed by atoms with Crippen LogP contribution >= 0.6 is 22.6 Å². The Bertz CT molecular complexity index is 669. The van der Waals surface area contributed by atoms with E-state index in [1.54, 1.807) is 6.92 Å². The fraction of sp³-hybridized carbons (Fsp3) is 0.412. The van der Waals surface area contributed by atoms with Gasteiger partial charge in [0.05, 0.1) is 10.7 Å². The van der Waals surface area contributed by atoms with Crippen LogP contribution < -0.4 is 18.9 Å². The Kier molecular flexibility index (Phi) is 8.17. The van der Waals surface area contributed by atoms with E-state index in [0.717, 1.165) is 0 Å². The van der Waals surface area contributed by atoms with Crippen LogP contribution in [0.15, 0.2) is 18.2 Å². The van der Waals surface area contributed by atoms with Crippen LogP contribution in [-0.4, -0.2) is 31.9 Å². The van der Waals surface area contributed by atoms with Gasteiger partial charge in [0, 0.05) is 25.2 Å². The minimum absolute atomic E-state index is 0.0923. The number of carbonyl (C=O) groups is 2. The molecule has 0 fully saturated rings. The second kappa shape index (κ2) is 9.62. The van der Waals surface area contributed by atoms with E-state index >= 15 is 0 Å². The number of hydrogen-bond donors (Lipinski definition) is 0. The molecule has 0 N–H and O–H groups in total. The van der Waals surface area contributed by atoms with Crippen LogP contribution in [0.3, 0.4) is 0 Å². The molecule has 1 aromatic carbocycles. The first kappa shape index (κ1) is 21.2. The summed E-state index contributed by atoms with van der Waals surface area (Å²) in [6, 6.07) is 1.51. The molecule has 25 heavy (non-hydrogen) atoms. The third-order valence-electron chi connectivity index (χ3n) is 2.80. The third-order valence-corrected chi connectivity index (χ3v) is 3.60. The molecule has 1 unspecified atom stereocenters. The first-order chi connectivity index (χ1) is 11.7. The number of ether oxygens (including phenoxy) is 5. The summed E-state index contributed by atoms with van der Waals surface area (Å²) in [5, 5.41) is 0. The van der Waals surface area contributed by atoms with E-state index in [-0.39, 0.29) is 28.6 Å². The number of carbonyl (C=O) groups excluding carboxylic acids is 2. The van der Waals surface area contributed by atoms with Gasteiger partial charge in [-0.1, -0.05) is 6.58 Å². The second-order valence-electron chi connectivity index (χ2n) is 4.95. The quantitative estimate of drug-likeness (QED) is 0.192. The van der Waals surface area contributed by atoms with E-state index in [1.807, 2.05) is 29.5 Å². The smallest absolute Gasteiger partial charge is 0.338 e. The minimum Gasteiger partial charge on any atom is -0.490 e. The average Bonchev–Trinajstić information content (AvgIpc) is 2.51. The molecule has 0 aliphatic rings. The summed E-state index contributed by atoms with van der Waals surface area (Å²) in [6.07, 6.45) is -0.647. The van der Waals surface area contributed by atoms with Crippen LogP contribution in [-0.2, 0) is 14.3 Å². The summed E-state index contributed by atoms with van der Waals surface area (Å²) in [4.78, 5) is 23.3. The Labute approximate surface area is 160 Å². The zero-order chi connectivity index (χ0) is 19.1. The van der Waals surface area contributed by atoms with Gasteiger partial charge in [-0.3, -0.25) is 4.79 Å². The van der Waals surface area contributed by atoms with Gasteiger partial charge in [0.2, 0.25) is 11.5 Å². The number of methoxy groups -OCH3 is 1. The maximum atomic E-state index is 11.9. The molecule has 1 atom stereocenters. The van der Waals surface area contributed by atoms with E-state index in [1.165, 1.54) is 27.0 Å². The molecule has 7 nitrogen and oxygen atoms in total. The summed E-state index contributed by atoms with van der Waals surface area (Å²) in [7, 11) is 1.39. The Morgan fingerprint density at radius 2 is 1.84 bits per heavy atom. The van der Waals surface area contributed by atoms with Crippen molar-refractivity contribution in [2.24, 2.45) is 0 Å². The summed E-state index contributed by atoms with van der Waals surface area (Å²) in [5.74, 6) is -0.646. The lowest BCUT2D eigenvalue weighted by Crippen LogP contribution is -2.18. The molecule has 0 radical (unpaired) electrons. The van der Waals surface area contributed by atoms with Gasteiger partial charge in [-0.05, 0) is 43.4 Å². The highest BCUT2D eigenvalue weighted by atomic mass is 127. The van der Waals surface area contributed by atoms with E-state index in [0.29, 0.717) is 10.2 Å². The number of halogens is 1. The molecule has 0 aliphatic heterocycles. The van der Waals surface area contributed by atoms with Crippen LogP contribution in [0.4, 0.5) is 0 Å². The van der Waals surface area contributed by atoms with E-state index in [2.05, 4.69) is 6.58 Å². The minimum atomic E-state index is -0.647. The van der Waals surface area contributed by atoms with Gasteiger partial charge in [0.1, 0.15) is 0 Å². The number of esters is 2. The standard InChI is InChI=1S/C17H21IO7/c1-7-22-11(5)24-15-13(25-17(20)9(2)3)8-12(18)14(16(15)21-6)23-10(4)19/h8,11H,2,7H2,1,3-6H3. The summed E-state index contributed by atoms with van der Waals surface area (Å²) in [6.45, 7) is 10.3. The fourth-order valence-corrected chi connectivity index (χ4v) is 2.44. The summed E-state index contributed by atoms with van der Waals surface area (Å²) >= 11 is 1.94. The fourth-order valence-electron chi connectivity index (χ4n) is 1.80. The monoisotopic (exact) mass is 464 g/mol. The van der Waals surface area contributed by atoms with E-state index in [9.17, 15) is 9.59 Å². The van der Waals surface area contributed by atoms with Crippen molar-refractivity contribution in [1.29, 1.82) is 0 Å². The Morgan fingerprint density at radius 1 is 1.20 bits per heavy atom.